The van der Waals surface area contributed by atoms with E-state index >= 15 is 0 Å². The van der Waals surface area contributed by atoms with E-state index < -0.39 is 12.2 Å². The molecule has 2 unspecified atom stereocenters. The van der Waals surface area contributed by atoms with Gasteiger partial charge in [-0.1, -0.05) is 54.6 Å². The van der Waals surface area contributed by atoms with Crippen molar-refractivity contribution in [1.82, 2.24) is 4.98 Å². The van der Waals surface area contributed by atoms with Gasteiger partial charge in [0.1, 0.15) is 12.2 Å². The molecule has 2 N–H and O–H groups in total. The zero-order valence-corrected chi connectivity index (χ0v) is 10.8. The number of hydrogen-bond donors (Lipinski definition) is 2. The minimum absolute atomic E-state index is 0.638. The molecule has 2 atom stereocenters. The Hall–Kier alpha value is -2.23. The Labute approximate surface area is 117 Å². The number of aliphatic hydroxyl groups excluding tert-OH is 2. The average Bonchev–Trinajstić information content (AvgIpc) is 2.54. The van der Waals surface area contributed by atoms with Crippen molar-refractivity contribution in [2.75, 3.05) is 0 Å². The molecule has 1 heterocycles. The lowest BCUT2D eigenvalue weighted by molar-refractivity contribution is 0.0179. The predicted molar refractivity (Wildman–Crippen MR) is 78.1 cm³/mol. The van der Waals surface area contributed by atoms with Crippen molar-refractivity contribution in [2.24, 2.45) is 0 Å². The number of aromatic nitrogens is 1. The summed E-state index contributed by atoms with van der Waals surface area (Å²) in [6, 6.07) is 16.8. The first-order chi connectivity index (χ1) is 9.77. The molecule has 3 rings (SSSR count). The van der Waals surface area contributed by atoms with E-state index in [1.807, 2.05) is 42.5 Å². The molecule has 0 amide bonds. The summed E-state index contributed by atoms with van der Waals surface area (Å²) in [6.07, 6.45) is 1.39. The Morgan fingerprint density at radius 2 is 1.45 bits per heavy atom. The van der Waals surface area contributed by atoms with E-state index in [0.29, 0.717) is 11.1 Å². The first-order valence-electron chi connectivity index (χ1n) is 6.51. The quantitative estimate of drug-likeness (QED) is 0.765. The third-order valence-electron chi connectivity index (χ3n) is 3.46. The lowest BCUT2D eigenvalue weighted by Crippen LogP contribution is -2.11. The molecule has 0 spiro atoms. The van der Waals surface area contributed by atoms with E-state index in [-0.39, 0.29) is 0 Å². The van der Waals surface area contributed by atoms with Crippen LogP contribution in [0.3, 0.4) is 0 Å². The molecule has 3 heteroatoms. The van der Waals surface area contributed by atoms with Gasteiger partial charge in [0.15, 0.2) is 0 Å². The van der Waals surface area contributed by atoms with Crippen LogP contribution in [0.1, 0.15) is 23.3 Å². The van der Waals surface area contributed by atoms with Crippen molar-refractivity contribution in [1.29, 1.82) is 0 Å². The molecule has 3 nitrogen and oxygen atoms in total. The molecule has 0 aliphatic carbocycles. The minimum atomic E-state index is -1.00. The maximum absolute atomic E-state index is 10.5. The molecular formula is C17H15NO2. The number of nitrogens with zero attached hydrogens (tertiary/aromatic N) is 1. The number of benzene rings is 2. The fraction of sp³-hybridized carbons (Fsp3) is 0.118. The zero-order valence-electron chi connectivity index (χ0n) is 10.8. The normalized spacial score (nSPS) is 14.1. The lowest BCUT2D eigenvalue weighted by atomic mass is 9.96. The van der Waals surface area contributed by atoms with E-state index in [0.717, 1.165) is 10.8 Å². The second kappa shape index (κ2) is 5.41. The maximum Gasteiger partial charge on any atom is 0.111 e. The van der Waals surface area contributed by atoms with E-state index in [4.69, 9.17) is 0 Å². The molecule has 0 fully saturated rings. The average molecular weight is 265 g/mol. The van der Waals surface area contributed by atoms with Gasteiger partial charge in [-0.25, -0.2) is 0 Å². The Morgan fingerprint density at radius 1 is 0.750 bits per heavy atom. The molecule has 20 heavy (non-hydrogen) atoms. The van der Waals surface area contributed by atoms with Crippen molar-refractivity contribution in [3.63, 3.8) is 0 Å². The number of hydrogen-bond acceptors (Lipinski definition) is 3. The largest absolute Gasteiger partial charge is 0.385 e. The first kappa shape index (κ1) is 12.8. The van der Waals surface area contributed by atoms with Crippen LogP contribution in [0, 0.1) is 0 Å². The highest BCUT2D eigenvalue weighted by Gasteiger charge is 2.22. The second-order valence-electron chi connectivity index (χ2n) is 4.75. The molecule has 0 saturated carbocycles. The van der Waals surface area contributed by atoms with Crippen molar-refractivity contribution in [3.05, 3.63) is 78.1 Å². The topological polar surface area (TPSA) is 53.4 Å². The molecule has 100 valence electrons. The summed E-state index contributed by atoms with van der Waals surface area (Å²) >= 11 is 0. The van der Waals surface area contributed by atoms with Crippen LogP contribution in [0.2, 0.25) is 0 Å². The van der Waals surface area contributed by atoms with Crippen LogP contribution in [0.25, 0.3) is 10.8 Å². The smallest absolute Gasteiger partial charge is 0.111 e. The molecule has 3 aromatic rings. The molecular weight excluding hydrogens is 250 g/mol. The van der Waals surface area contributed by atoms with Crippen LogP contribution in [0.5, 0.6) is 0 Å². The summed E-state index contributed by atoms with van der Waals surface area (Å²) in [5, 5.41) is 22.6. The molecule has 0 bridgehead atoms. The van der Waals surface area contributed by atoms with Gasteiger partial charge in [0.2, 0.25) is 0 Å². The van der Waals surface area contributed by atoms with Crippen molar-refractivity contribution < 1.29 is 10.2 Å². The Morgan fingerprint density at radius 3 is 2.25 bits per heavy atom. The number of pyridine rings is 1. The van der Waals surface area contributed by atoms with Crippen LogP contribution < -0.4 is 0 Å². The number of rotatable bonds is 3. The predicted octanol–water partition coefficient (Wildman–Crippen LogP) is 3.00. The van der Waals surface area contributed by atoms with Gasteiger partial charge in [0, 0.05) is 23.3 Å². The van der Waals surface area contributed by atoms with Crippen LogP contribution in [-0.4, -0.2) is 15.2 Å². The van der Waals surface area contributed by atoms with Gasteiger partial charge >= 0.3 is 0 Å². The number of aliphatic hydroxyl groups is 2. The van der Waals surface area contributed by atoms with Crippen molar-refractivity contribution in [3.8, 4) is 0 Å². The van der Waals surface area contributed by atoms with Gasteiger partial charge in [-0.3, -0.25) is 4.98 Å². The SMILES string of the molecule is OC(c1ccccc1)C(O)c1cncc2ccccc12. The fourth-order valence-electron chi connectivity index (χ4n) is 2.38. The molecule has 0 aliphatic rings. The van der Waals surface area contributed by atoms with Gasteiger partial charge in [0.05, 0.1) is 0 Å². The fourth-order valence-corrected chi connectivity index (χ4v) is 2.38. The summed E-state index contributed by atoms with van der Waals surface area (Å²) in [4.78, 5) is 4.14. The van der Waals surface area contributed by atoms with E-state index in [9.17, 15) is 10.2 Å². The summed E-state index contributed by atoms with van der Waals surface area (Å²) < 4.78 is 0. The highest BCUT2D eigenvalue weighted by molar-refractivity contribution is 5.85. The third kappa shape index (κ3) is 2.29. The standard InChI is InChI=1S/C17H15NO2/c19-16(12-6-2-1-3-7-12)17(20)15-11-18-10-13-8-4-5-9-14(13)15/h1-11,16-17,19-20H. The van der Waals surface area contributed by atoms with Crippen LogP contribution >= 0.6 is 0 Å². The molecule has 0 aliphatic heterocycles. The van der Waals surface area contributed by atoms with Crippen LogP contribution in [-0.2, 0) is 0 Å². The molecule has 1 aromatic heterocycles. The summed E-state index contributed by atoms with van der Waals surface area (Å²) in [5.74, 6) is 0. The maximum atomic E-state index is 10.5. The number of fused-ring (bicyclic) bond motifs is 1. The van der Waals surface area contributed by atoms with Crippen molar-refractivity contribution in [2.45, 2.75) is 12.2 Å². The Kier molecular flexibility index (Phi) is 3.46. The van der Waals surface area contributed by atoms with Crippen LogP contribution in [0.15, 0.2) is 67.0 Å². The monoisotopic (exact) mass is 265 g/mol. The third-order valence-corrected chi connectivity index (χ3v) is 3.46. The molecule has 0 radical (unpaired) electrons. The Bertz CT molecular complexity index is 707. The van der Waals surface area contributed by atoms with Gasteiger partial charge in [-0.15, -0.1) is 0 Å². The van der Waals surface area contributed by atoms with E-state index in [1.54, 1.807) is 24.5 Å². The van der Waals surface area contributed by atoms with Gasteiger partial charge in [0.25, 0.3) is 0 Å². The highest BCUT2D eigenvalue weighted by atomic mass is 16.3. The summed E-state index contributed by atoms with van der Waals surface area (Å²) in [6.45, 7) is 0. The van der Waals surface area contributed by atoms with E-state index in [1.165, 1.54) is 0 Å². The second-order valence-corrected chi connectivity index (χ2v) is 4.75. The van der Waals surface area contributed by atoms with Gasteiger partial charge in [-0.2, -0.15) is 0 Å². The zero-order chi connectivity index (χ0) is 13.9. The first-order valence-corrected chi connectivity index (χ1v) is 6.51. The summed E-state index contributed by atoms with van der Waals surface area (Å²) in [5.41, 5.74) is 1.33. The van der Waals surface area contributed by atoms with Crippen molar-refractivity contribution >= 4 is 10.8 Å². The highest BCUT2D eigenvalue weighted by Crippen LogP contribution is 2.32. The lowest BCUT2D eigenvalue weighted by Gasteiger charge is -2.19. The minimum Gasteiger partial charge on any atom is -0.385 e. The van der Waals surface area contributed by atoms with Gasteiger partial charge < -0.3 is 10.2 Å². The van der Waals surface area contributed by atoms with E-state index in [2.05, 4.69) is 4.98 Å². The molecule has 2 aromatic carbocycles. The molecule has 0 saturated heterocycles. The van der Waals surface area contributed by atoms with Gasteiger partial charge in [-0.05, 0) is 10.9 Å². The summed E-state index contributed by atoms with van der Waals surface area (Å²) in [7, 11) is 0. The van der Waals surface area contributed by atoms with Crippen LogP contribution in [0.4, 0.5) is 0 Å². The Balaban J connectivity index is 2.03.